The summed E-state index contributed by atoms with van der Waals surface area (Å²) in [5.41, 5.74) is 0.742. The van der Waals surface area contributed by atoms with Gasteiger partial charge in [0, 0.05) is 6.42 Å². The summed E-state index contributed by atoms with van der Waals surface area (Å²) in [6.45, 7) is 0. The van der Waals surface area contributed by atoms with E-state index in [9.17, 15) is 14.4 Å². The Hall–Kier alpha value is -1.60. The number of esters is 1. The molecule has 5 nitrogen and oxygen atoms in total. The lowest BCUT2D eigenvalue weighted by Crippen LogP contribution is -2.17. The predicted molar refractivity (Wildman–Crippen MR) is 100 cm³/mol. The summed E-state index contributed by atoms with van der Waals surface area (Å²) < 4.78 is 6.10. The van der Waals surface area contributed by atoms with Crippen molar-refractivity contribution in [3.63, 3.8) is 0 Å². The molecule has 0 radical (unpaired) electrons. The molecule has 1 aliphatic heterocycles. The van der Waals surface area contributed by atoms with Crippen molar-refractivity contribution in [2.75, 3.05) is 0 Å². The van der Waals surface area contributed by atoms with Gasteiger partial charge in [-0.25, -0.2) is 0 Å². The van der Waals surface area contributed by atoms with Gasteiger partial charge in [-0.15, -0.1) is 0 Å². The first-order valence-electron chi connectivity index (χ1n) is 8.26. The van der Waals surface area contributed by atoms with Crippen LogP contribution in [0.15, 0.2) is 27.6 Å². The van der Waals surface area contributed by atoms with Crippen LogP contribution in [0.3, 0.4) is 0 Å². The Kier molecular flexibility index (Phi) is 5.96. The number of carbonyl (C=O) groups excluding carboxylic acids is 3. The van der Waals surface area contributed by atoms with E-state index in [1.807, 2.05) is 0 Å². The topological polar surface area (TPSA) is 72.5 Å². The number of rotatable bonds is 4. The maximum Gasteiger partial charge on any atom is 0.311 e. The van der Waals surface area contributed by atoms with Crippen molar-refractivity contribution in [2.24, 2.45) is 5.92 Å². The molecule has 1 saturated carbocycles. The van der Waals surface area contributed by atoms with Gasteiger partial charge in [-0.1, -0.05) is 25.3 Å². The zero-order valence-electron chi connectivity index (χ0n) is 13.5. The Morgan fingerprint density at radius 2 is 2.04 bits per heavy atom. The third-order valence-corrected chi connectivity index (χ3v) is 5.73. The second-order valence-corrected chi connectivity index (χ2v) is 8.09. The van der Waals surface area contributed by atoms with Gasteiger partial charge in [-0.2, -0.15) is 0 Å². The van der Waals surface area contributed by atoms with E-state index >= 15 is 0 Å². The summed E-state index contributed by atoms with van der Waals surface area (Å²) >= 11 is 4.27. The van der Waals surface area contributed by atoms with Crippen LogP contribution in [0.1, 0.15) is 44.1 Å². The zero-order chi connectivity index (χ0) is 17.8. The first kappa shape index (κ1) is 18.2. The van der Waals surface area contributed by atoms with Crippen molar-refractivity contribution in [3.8, 4) is 5.75 Å². The standard InChI is InChI=1S/C18H18BrNO4S/c19-13-8-12(9-15-17(22)20-18(23)25-15)6-7-14(13)24-16(21)10-11-4-2-1-3-5-11/h6-9,11H,1-5,10H2,(H,20,22,23)/b15-9-. The van der Waals surface area contributed by atoms with Crippen LogP contribution in [0.5, 0.6) is 5.75 Å². The van der Waals surface area contributed by atoms with E-state index in [0.717, 1.165) is 30.2 Å². The van der Waals surface area contributed by atoms with Crippen molar-refractivity contribution >= 4 is 50.9 Å². The molecule has 1 aromatic carbocycles. The lowest BCUT2D eigenvalue weighted by Gasteiger charge is -2.20. The SMILES string of the molecule is O=C(CC1CCCCC1)Oc1ccc(/C=C2\SC(=O)NC2=O)cc1Br. The highest BCUT2D eigenvalue weighted by atomic mass is 79.9. The number of halogens is 1. The molecule has 2 fully saturated rings. The number of imide groups is 1. The summed E-state index contributed by atoms with van der Waals surface area (Å²) in [6.07, 6.45) is 7.93. The lowest BCUT2D eigenvalue weighted by molar-refractivity contribution is -0.135. The second kappa shape index (κ2) is 8.19. The molecule has 0 bridgehead atoms. The first-order valence-corrected chi connectivity index (χ1v) is 9.87. The molecule has 0 spiro atoms. The van der Waals surface area contributed by atoms with Crippen molar-refractivity contribution < 1.29 is 19.1 Å². The number of amides is 2. The fourth-order valence-corrected chi connectivity index (χ4v) is 4.21. The highest BCUT2D eigenvalue weighted by molar-refractivity contribution is 9.10. The van der Waals surface area contributed by atoms with Crippen LogP contribution >= 0.6 is 27.7 Å². The van der Waals surface area contributed by atoms with Gasteiger partial charge in [-0.05, 0) is 70.2 Å². The van der Waals surface area contributed by atoms with Gasteiger partial charge < -0.3 is 4.74 Å². The van der Waals surface area contributed by atoms with Crippen LogP contribution in [0.25, 0.3) is 6.08 Å². The fraction of sp³-hybridized carbons (Fsp3) is 0.389. The van der Waals surface area contributed by atoms with Gasteiger partial charge in [0.05, 0.1) is 9.38 Å². The number of ether oxygens (including phenoxy) is 1. The van der Waals surface area contributed by atoms with Gasteiger partial charge in [0.25, 0.3) is 11.1 Å². The van der Waals surface area contributed by atoms with Crippen molar-refractivity contribution in [1.29, 1.82) is 0 Å². The molecule has 2 amide bonds. The van der Waals surface area contributed by atoms with E-state index < -0.39 is 5.91 Å². The number of nitrogens with one attached hydrogen (secondary N) is 1. The molecular formula is C18H18BrNO4S. The first-order chi connectivity index (χ1) is 12.0. The Morgan fingerprint density at radius 3 is 2.68 bits per heavy atom. The van der Waals surface area contributed by atoms with Crippen LogP contribution in [-0.4, -0.2) is 17.1 Å². The summed E-state index contributed by atoms with van der Waals surface area (Å²) in [7, 11) is 0. The van der Waals surface area contributed by atoms with Crippen LogP contribution in [0.2, 0.25) is 0 Å². The molecule has 0 aromatic heterocycles. The summed E-state index contributed by atoms with van der Waals surface area (Å²) in [5.74, 6) is 0.283. The van der Waals surface area contributed by atoms with E-state index in [1.165, 1.54) is 19.3 Å². The summed E-state index contributed by atoms with van der Waals surface area (Å²) in [5, 5.41) is 1.84. The second-order valence-electron chi connectivity index (χ2n) is 6.22. The van der Waals surface area contributed by atoms with Crippen LogP contribution in [-0.2, 0) is 9.59 Å². The normalized spacial score (nSPS) is 20.0. The molecule has 1 aliphatic carbocycles. The van der Waals surface area contributed by atoms with Gasteiger partial charge in [0.2, 0.25) is 0 Å². The van der Waals surface area contributed by atoms with Crippen LogP contribution in [0, 0.1) is 5.92 Å². The fourth-order valence-electron chi connectivity index (χ4n) is 3.05. The molecule has 132 valence electrons. The number of carbonyl (C=O) groups is 3. The lowest BCUT2D eigenvalue weighted by atomic mass is 9.87. The maximum absolute atomic E-state index is 12.1. The zero-order valence-corrected chi connectivity index (χ0v) is 16.0. The predicted octanol–water partition coefficient (Wildman–Crippen LogP) is 4.65. The van der Waals surface area contributed by atoms with Gasteiger partial charge in [0.15, 0.2) is 0 Å². The van der Waals surface area contributed by atoms with Gasteiger partial charge >= 0.3 is 5.97 Å². The molecular weight excluding hydrogens is 406 g/mol. The maximum atomic E-state index is 12.1. The van der Waals surface area contributed by atoms with E-state index in [1.54, 1.807) is 24.3 Å². The Labute approximate surface area is 158 Å². The molecule has 7 heteroatoms. The Morgan fingerprint density at radius 1 is 1.28 bits per heavy atom. The quantitative estimate of drug-likeness (QED) is 0.433. The molecule has 25 heavy (non-hydrogen) atoms. The van der Waals surface area contributed by atoms with Crippen molar-refractivity contribution in [2.45, 2.75) is 38.5 Å². The number of hydrogen-bond acceptors (Lipinski definition) is 5. The number of benzene rings is 1. The average Bonchev–Trinajstić information content (AvgIpc) is 2.88. The largest absolute Gasteiger partial charge is 0.425 e. The van der Waals surface area contributed by atoms with Crippen LogP contribution < -0.4 is 10.1 Å². The number of thioether (sulfide) groups is 1. The molecule has 0 unspecified atom stereocenters. The Bertz CT molecular complexity index is 741. The third kappa shape index (κ3) is 4.95. The van der Waals surface area contributed by atoms with E-state index in [2.05, 4.69) is 21.2 Å². The molecule has 1 aromatic rings. The smallest absolute Gasteiger partial charge is 0.311 e. The molecule has 3 rings (SSSR count). The minimum absolute atomic E-state index is 0.213. The van der Waals surface area contributed by atoms with Crippen molar-refractivity contribution in [3.05, 3.63) is 33.1 Å². The third-order valence-electron chi connectivity index (χ3n) is 4.30. The number of hydrogen-bond donors (Lipinski definition) is 1. The molecule has 1 saturated heterocycles. The minimum atomic E-state index is -0.394. The molecule has 1 N–H and O–H groups in total. The highest BCUT2D eigenvalue weighted by Crippen LogP contribution is 2.31. The van der Waals surface area contributed by atoms with Crippen LogP contribution in [0.4, 0.5) is 4.79 Å². The van der Waals surface area contributed by atoms with Gasteiger partial charge in [0.1, 0.15) is 5.75 Å². The average molecular weight is 424 g/mol. The summed E-state index contributed by atoms with van der Waals surface area (Å²) in [6, 6.07) is 5.19. The highest BCUT2D eigenvalue weighted by Gasteiger charge is 2.25. The minimum Gasteiger partial charge on any atom is -0.425 e. The van der Waals surface area contributed by atoms with E-state index in [0.29, 0.717) is 27.5 Å². The monoisotopic (exact) mass is 423 g/mol. The summed E-state index contributed by atoms with van der Waals surface area (Å²) in [4.78, 5) is 35.2. The molecule has 2 aliphatic rings. The van der Waals surface area contributed by atoms with Crippen molar-refractivity contribution in [1.82, 2.24) is 5.32 Å². The van der Waals surface area contributed by atoms with Gasteiger partial charge in [-0.3, -0.25) is 19.7 Å². The molecule has 1 heterocycles. The van der Waals surface area contributed by atoms with E-state index in [-0.39, 0.29) is 11.2 Å². The van der Waals surface area contributed by atoms with E-state index in [4.69, 9.17) is 4.74 Å². The Balaban J connectivity index is 1.63. The molecule has 0 atom stereocenters.